The Morgan fingerprint density at radius 1 is 0.923 bits per heavy atom. The van der Waals surface area contributed by atoms with Crippen LogP contribution in [0.3, 0.4) is 0 Å². The van der Waals surface area contributed by atoms with Gasteiger partial charge in [0.2, 0.25) is 11.8 Å². The fraction of sp³-hybridized carbons (Fsp3) is 0.500. The Morgan fingerprint density at radius 2 is 1.54 bits per heavy atom. The lowest BCUT2D eigenvalue weighted by molar-refractivity contribution is -0.161. The molecule has 5 aliphatic rings. The Hall–Kier alpha value is -3.48. The number of benzene rings is 2. The van der Waals surface area contributed by atoms with E-state index in [1.54, 1.807) is 36.1 Å². The van der Waals surface area contributed by atoms with Crippen LogP contribution in [0.4, 0.5) is 5.69 Å². The van der Waals surface area contributed by atoms with Crippen LogP contribution < -0.4 is 4.90 Å². The maximum Gasteiger partial charge on any atom is 0.338 e. The van der Waals surface area contributed by atoms with Crippen molar-refractivity contribution in [3.8, 4) is 0 Å². The molecule has 7 heteroatoms. The highest BCUT2D eigenvalue weighted by molar-refractivity contribution is 6.23. The summed E-state index contributed by atoms with van der Waals surface area (Å²) >= 11 is 0. The van der Waals surface area contributed by atoms with Crippen LogP contribution in [-0.4, -0.2) is 47.8 Å². The van der Waals surface area contributed by atoms with Gasteiger partial charge in [-0.25, -0.2) is 9.69 Å². The largest absolute Gasteiger partial charge is 0.462 e. The van der Waals surface area contributed by atoms with Crippen LogP contribution in [-0.2, 0) is 25.5 Å². The molecule has 4 bridgehead atoms. The third-order valence-corrected chi connectivity index (χ3v) is 9.37. The number of hydrogen-bond donors (Lipinski definition) is 0. The summed E-state index contributed by atoms with van der Waals surface area (Å²) in [4.78, 5) is 56.6. The number of hydrogen-bond acceptors (Lipinski definition) is 5. The number of esters is 1. The van der Waals surface area contributed by atoms with Crippen molar-refractivity contribution in [2.45, 2.75) is 64.3 Å². The minimum absolute atomic E-state index is 0.0225. The number of amides is 3. The van der Waals surface area contributed by atoms with Crippen LogP contribution in [0.1, 0.15) is 67.8 Å². The van der Waals surface area contributed by atoms with Crippen molar-refractivity contribution in [3.63, 3.8) is 0 Å². The summed E-state index contributed by atoms with van der Waals surface area (Å²) in [5.74, 6) is 0.744. The lowest BCUT2D eigenvalue weighted by atomic mass is 9.49. The second-order valence-electron chi connectivity index (χ2n) is 12.0. The first-order valence-electron chi connectivity index (χ1n) is 14.4. The van der Waals surface area contributed by atoms with Crippen LogP contribution in [0.15, 0.2) is 54.6 Å². The van der Waals surface area contributed by atoms with E-state index in [-0.39, 0.29) is 30.7 Å². The van der Waals surface area contributed by atoms with Gasteiger partial charge in [0.05, 0.1) is 29.7 Å². The van der Waals surface area contributed by atoms with E-state index in [2.05, 4.69) is 0 Å². The van der Waals surface area contributed by atoms with Crippen LogP contribution in [0.25, 0.3) is 0 Å². The molecular formula is C32H36N2O5. The smallest absolute Gasteiger partial charge is 0.338 e. The number of imide groups is 1. The first-order chi connectivity index (χ1) is 18.9. The normalized spacial score (nSPS) is 29.1. The fourth-order valence-corrected chi connectivity index (χ4v) is 8.06. The van der Waals surface area contributed by atoms with Gasteiger partial charge >= 0.3 is 5.97 Å². The zero-order valence-corrected chi connectivity index (χ0v) is 22.5. The van der Waals surface area contributed by atoms with Gasteiger partial charge in [0.1, 0.15) is 6.04 Å². The zero-order valence-electron chi connectivity index (χ0n) is 22.5. The standard InChI is InChI=1S/C32H36N2O5/c1-2-39-30(37)25-8-10-26(11-9-25)34-28(35)17-27(29(34)36)33(13-12-21-6-4-3-5-7-21)31(38)32-18-22-14-23(19-32)16-24(15-22)20-32/h3-11,22-24,27H,2,12-20H2,1H3. The first-order valence-corrected chi connectivity index (χ1v) is 14.4. The lowest BCUT2D eigenvalue weighted by Gasteiger charge is -2.57. The second kappa shape index (κ2) is 10.2. The lowest BCUT2D eigenvalue weighted by Crippen LogP contribution is -2.58. The van der Waals surface area contributed by atoms with Crippen LogP contribution in [0, 0.1) is 23.2 Å². The minimum Gasteiger partial charge on any atom is -0.462 e. The van der Waals surface area contributed by atoms with E-state index in [1.807, 2.05) is 30.3 Å². The minimum atomic E-state index is -0.813. The highest BCUT2D eigenvalue weighted by Crippen LogP contribution is 2.60. The van der Waals surface area contributed by atoms with Crippen molar-refractivity contribution < 1.29 is 23.9 Å². The van der Waals surface area contributed by atoms with E-state index in [0.717, 1.165) is 24.8 Å². The average Bonchev–Trinajstić information content (AvgIpc) is 3.22. The summed E-state index contributed by atoms with van der Waals surface area (Å²) in [6.07, 6.45) is 7.03. The summed E-state index contributed by atoms with van der Waals surface area (Å²) < 4.78 is 5.04. The van der Waals surface area contributed by atoms with Crippen molar-refractivity contribution in [3.05, 3.63) is 65.7 Å². The summed E-state index contributed by atoms with van der Waals surface area (Å²) in [6.45, 7) is 2.41. The number of carbonyl (C=O) groups is 4. The molecule has 1 aliphatic heterocycles. The number of carbonyl (C=O) groups excluding carboxylic acids is 4. The monoisotopic (exact) mass is 528 g/mol. The van der Waals surface area contributed by atoms with Gasteiger partial charge in [-0.2, -0.15) is 0 Å². The summed E-state index contributed by atoms with van der Waals surface area (Å²) in [7, 11) is 0. The van der Waals surface area contributed by atoms with E-state index in [4.69, 9.17) is 4.74 Å². The number of rotatable bonds is 8. The molecule has 0 N–H and O–H groups in total. The topological polar surface area (TPSA) is 84.0 Å². The molecule has 7 nitrogen and oxygen atoms in total. The van der Waals surface area contributed by atoms with Gasteiger partial charge in [-0.1, -0.05) is 30.3 Å². The molecule has 39 heavy (non-hydrogen) atoms. The van der Waals surface area contributed by atoms with E-state index in [1.165, 1.54) is 24.2 Å². The third kappa shape index (κ3) is 4.77. The predicted molar refractivity (Wildman–Crippen MR) is 146 cm³/mol. The van der Waals surface area contributed by atoms with Crippen molar-refractivity contribution >= 4 is 29.4 Å². The quantitative estimate of drug-likeness (QED) is 0.364. The van der Waals surface area contributed by atoms with Crippen LogP contribution in [0.2, 0.25) is 0 Å². The molecule has 0 aromatic heterocycles. The molecule has 0 spiro atoms. The Kier molecular flexibility index (Phi) is 6.77. The molecule has 3 amide bonds. The van der Waals surface area contributed by atoms with E-state index in [0.29, 0.717) is 42.0 Å². The fourth-order valence-electron chi connectivity index (χ4n) is 8.06. The maximum atomic E-state index is 14.5. The molecule has 1 atom stereocenters. The summed E-state index contributed by atoms with van der Waals surface area (Å²) in [5.41, 5.74) is 1.47. The van der Waals surface area contributed by atoms with Gasteiger partial charge in [0, 0.05) is 6.54 Å². The van der Waals surface area contributed by atoms with Crippen LogP contribution >= 0.6 is 0 Å². The number of ether oxygens (including phenoxy) is 1. The summed E-state index contributed by atoms with van der Waals surface area (Å²) in [5, 5.41) is 0. The molecule has 7 rings (SSSR count). The van der Waals surface area contributed by atoms with Crippen molar-refractivity contribution in [1.29, 1.82) is 0 Å². The maximum absolute atomic E-state index is 14.5. The van der Waals surface area contributed by atoms with Crippen molar-refractivity contribution in [2.75, 3.05) is 18.1 Å². The molecule has 1 saturated heterocycles. The Balaban J connectivity index is 1.27. The van der Waals surface area contributed by atoms with Crippen molar-refractivity contribution in [1.82, 2.24) is 4.90 Å². The molecule has 4 saturated carbocycles. The molecule has 1 heterocycles. The van der Waals surface area contributed by atoms with Gasteiger partial charge < -0.3 is 9.64 Å². The van der Waals surface area contributed by atoms with Crippen LogP contribution in [0.5, 0.6) is 0 Å². The Labute approximate surface area is 229 Å². The highest BCUT2D eigenvalue weighted by atomic mass is 16.5. The molecule has 0 radical (unpaired) electrons. The zero-order chi connectivity index (χ0) is 27.1. The average molecular weight is 529 g/mol. The molecule has 2 aromatic carbocycles. The Bertz CT molecular complexity index is 1240. The van der Waals surface area contributed by atoms with E-state index >= 15 is 0 Å². The molecule has 204 valence electrons. The molecule has 4 aliphatic carbocycles. The molecular weight excluding hydrogens is 492 g/mol. The Morgan fingerprint density at radius 3 is 2.13 bits per heavy atom. The molecule has 1 unspecified atom stereocenters. The second-order valence-corrected chi connectivity index (χ2v) is 12.0. The third-order valence-electron chi connectivity index (χ3n) is 9.37. The SMILES string of the molecule is CCOC(=O)c1ccc(N2C(=O)CC(N(CCc3ccccc3)C(=O)C34CC5CC(CC(C5)C3)C4)C2=O)cc1. The highest BCUT2D eigenvalue weighted by Gasteiger charge is 2.57. The van der Waals surface area contributed by atoms with Gasteiger partial charge in [-0.05, 0) is 99.5 Å². The van der Waals surface area contributed by atoms with Gasteiger partial charge in [-0.3, -0.25) is 14.4 Å². The molecule has 5 fully saturated rings. The summed E-state index contributed by atoms with van der Waals surface area (Å²) in [6, 6.07) is 15.5. The van der Waals surface area contributed by atoms with Gasteiger partial charge in [0.25, 0.3) is 5.91 Å². The predicted octanol–water partition coefficient (Wildman–Crippen LogP) is 4.78. The van der Waals surface area contributed by atoms with Crippen molar-refractivity contribution in [2.24, 2.45) is 23.2 Å². The van der Waals surface area contributed by atoms with Gasteiger partial charge in [-0.15, -0.1) is 0 Å². The number of anilines is 1. The van der Waals surface area contributed by atoms with E-state index in [9.17, 15) is 19.2 Å². The van der Waals surface area contributed by atoms with Gasteiger partial charge in [0.15, 0.2) is 0 Å². The first kappa shape index (κ1) is 25.8. The van der Waals surface area contributed by atoms with E-state index < -0.39 is 17.4 Å². The molecule has 2 aromatic rings. The number of nitrogens with zero attached hydrogens (tertiary/aromatic N) is 2.